The molecule has 0 radical (unpaired) electrons. The minimum absolute atomic E-state index is 0.200. The van der Waals surface area contributed by atoms with Gasteiger partial charge in [0.05, 0.1) is 5.69 Å². The summed E-state index contributed by atoms with van der Waals surface area (Å²) in [7, 11) is 0. The highest BCUT2D eigenvalue weighted by molar-refractivity contribution is 5.14. The predicted molar refractivity (Wildman–Crippen MR) is 45.5 cm³/mol. The normalized spacial score (nSPS) is 13.7. The summed E-state index contributed by atoms with van der Waals surface area (Å²) < 4.78 is 26.0. The molecule has 0 aliphatic carbocycles. The molecule has 0 aromatic carbocycles. The van der Waals surface area contributed by atoms with Gasteiger partial charge in [0.25, 0.3) is 6.43 Å². The lowest BCUT2D eigenvalue weighted by Crippen LogP contribution is -2.12. The molecule has 0 aliphatic heterocycles. The van der Waals surface area contributed by atoms with Crippen molar-refractivity contribution < 1.29 is 8.78 Å². The molecule has 2 N–H and O–H groups in total. The van der Waals surface area contributed by atoms with Crippen molar-refractivity contribution in [3.63, 3.8) is 0 Å². The maximum Gasteiger partial charge on any atom is 0.282 e. The molecular weight excluding hydrogens is 176 g/mol. The topological polar surface area (TPSA) is 43.8 Å². The molecule has 0 bridgehead atoms. The number of alkyl halides is 2. The largest absolute Gasteiger partial charge is 0.323 e. The molecule has 1 aromatic heterocycles. The van der Waals surface area contributed by atoms with E-state index >= 15 is 0 Å². The van der Waals surface area contributed by atoms with E-state index < -0.39 is 6.43 Å². The molecule has 0 saturated heterocycles. The second-order valence-electron chi connectivity index (χ2n) is 2.90. The quantitative estimate of drug-likeness (QED) is 0.788. The van der Waals surface area contributed by atoms with Gasteiger partial charge in [0.2, 0.25) is 0 Å². The molecule has 74 valence electrons. The number of nitrogens with two attached hydrogens (primary N) is 1. The second-order valence-corrected chi connectivity index (χ2v) is 2.90. The summed E-state index contributed by atoms with van der Waals surface area (Å²) in [6.07, 6.45) is -2.52. The van der Waals surface area contributed by atoms with Gasteiger partial charge < -0.3 is 5.73 Å². The lowest BCUT2D eigenvalue weighted by molar-refractivity contribution is 0.145. The molecule has 0 fully saturated rings. The van der Waals surface area contributed by atoms with Crippen molar-refractivity contribution in [1.29, 1.82) is 0 Å². The van der Waals surface area contributed by atoms with Crippen molar-refractivity contribution >= 4 is 0 Å². The Morgan fingerprint density at radius 3 is 2.54 bits per heavy atom. The first-order valence-electron chi connectivity index (χ1n) is 4.17. The molecule has 5 heteroatoms. The van der Waals surface area contributed by atoms with Gasteiger partial charge in [0.1, 0.15) is 5.69 Å². The molecule has 0 unspecified atom stereocenters. The number of aryl methyl sites for hydroxylation is 1. The molecule has 1 aromatic rings. The Morgan fingerprint density at radius 2 is 2.23 bits per heavy atom. The summed E-state index contributed by atoms with van der Waals surface area (Å²) in [6, 6.07) is 1.10. The van der Waals surface area contributed by atoms with Gasteiger partial charge in [-0.2, -0.15) is 5.10 Å². The first-order valence-corrected chi connectivity index (χ1v) is 4.17. The summed E-state index contributed by atoms with van der Waals surface area (Å²) in [5.41, 5.74) is 6.05. The van der Waals surface area contributed by atoms with E-state index in [9.17, 15) is 8.78 Å². The van der Waals surface area contributed by atoms with Gasteiger partial charge in [-0.1, -0.05) is 0 Å². The van der Waals surface area contributed by atoms with E-state index in [2.05, 4.69) is 5.10 Å². The lowest BCUT2D eigenvalue weighted by Gasteiger charge is -2.06. The van der Waals surface area contributed by atoms with E-state index in [4.69, 9.17) is 5.73 Å². The van der Waals surface area contributed by atoms with Gasteiger partial charge in [-0.15, -0.1) is 0 Å². The maximum absolute atomic E-state index is 12.2. The van der Waals surface area contributed by atoms with Crippen LogP contribution in [0, 0.1) is 0 Å². The SMILES string of the molecule is CCn1nc(C(F)F)cc1[C@H](C)N. The van der Waals surface area contributed by atoms with Gasteiger partial charge in [0.15, 0.2) is 0 Å². The molecule has 1 rings (SSSR count). The molecule has 13 heavy (non-hydrogen) atoms. The van der Waals surface area contributed by atoms with Crippen LogP contribution in [-0.4, -0.2) is 9.78 Å². The van der Waals surface area contributed by atoms with E-state index in [1.165, 1.54) is 10.7 Å². The number of hydrogen-bond donors (Lipinski definition) is 1. The molecule has 0 spiro atoms. The monoisotopic (exact) mass is 189 g/mol. The minimum Gasteiger partial charge on any atom is -0.323 e. The van der Waals surface area contributed by atoms with E-state index in [0.29, 0.717) is 12.2 Å². The Morgan fingerprint density at radius 1 is 1.62 bits per heavy atom. The fourth-order valence-corrected chi connectivity index (χ4v) is 1.18. The van der Waals surface area contributed by atoms with Crippen LogP contribution in [0.3, 0.4) is 0 Å². The lowest BCUT2D eigenvalue weighted by atomic mass is 10.2. The summed E-state index contributed by atoms with van der Waals surface area (Å²) in [4.78, 5) is 0. The van der Waals surface area contributed by atoms with E-state index in [1.807, 2.05) is 6.92 Å². The molecule has 0 amide bonds. The van der Waals surface area contributed by atoms with Gasteiger partial charge >= 0.3 is 0 Å². The maximum atomic E-state index is 12.2. The molecule has 0 saturated carbocycles. The Labute approximate surface area is 75.5 Å². The van der Waals surface area contributed by atoms with E-state index in [-0.39, 0.29) is 11.7 Å². The summed E-state index contributed by atoms with van der Waals surface area (Å²) in [5.74, 6) is 0. The third-order valence-electron chi connectivity index (χ3n) is 1.82. The first-order chi connectivity index (χ1) is 6.06. The van der Waals surface area contributed by atoms with Crippen LogP contribution in [0.25, 0.3) is 0 Å². The van der Waals surface area contributed by atoms with Gasteiger partial charge in [0, 0.05) is 12.6 Å². The van der Waals surface area contributed by atoms with Crippen LogP contribution < -0.4 is 5.73 Å². The van der Waals surface area contributed by atoms with Crippen LogP contribution in [0.4, 0.5) is 8.78 Å². The van der Waals surface area contributed by atoms with Crippen molar-refractivity contribution in [2.75, 3.05) is 0 Å². The number of hydrogen-bond acceptors (Lipinski definition) is 2. The zero-order valence-corrected chi connectivity index (χ0v) is 7.67. The first kappa shape index (κ1) is 10.1. The van der Waals surface area contributed by atoms with E-state index in [0.717, 1.165) is 0 Å². The van der Waals surface area contributed by atoms with Crippen molar-refractivity contribution in [2.45, 2.75) is 32.9 Å². The van der Waals surface area contributed by atoms with Gasteiger partial charge in [-0.05, 0) is 19.9 Å². The third-order valence-corrected chi connectivity index (χ3v) is 1.82. The number of rotatable bonds is 3. The standard InChI is InChI=1S/C8H13F2N3/c1-3-13-7(5(2)11)4-6(12-13)8(9)10/h4-5,8H,3,11H2,1-2H3/t5-/m0/s1. The average molecular weight is 189 g/mol. The van der Waals surface area contributed by atoms with Crippen LogP contribution in [0.1, 0.15) is 37.7 Å². The fraction of sp³-hybridized carbons (Fsp3) is 0.625. The van der Waals surface area contributed by atoms with E-state index in [1.54, 1.807) is 6.92 Å². The van der Waals surface area contributed by atoms with Gasteiger partial charge in [-0.3, -0.25) is 4.68 Å². The Bertz CT molecular complexity index is 281. The van der Waals surface area contributed by atoms with Crippen LogP contribution >= 0.6 is 0 Å². The highest BCUT2D eigenvalue weighted by Gasteiger charge is 2.16. The average Bonchev–Trinajstić information content (AvgIpc) is 2.47. The number of halogens is 2. The second kappa shape index (κ2) is 3.83. The molecular formula is C8H13F2N3. The molecule has 1 heterocycles. The highest BCUT2D eigenvalue weighted by Crippen LogP contribution is 2.20. The molecule has 1 atom stereocenters. The fourth-order valence-electron chi connectivity index (χ4n) is 1.18. The van der Waals surface area contributed by atoms with Crippen molar-refractivity contribution in [3.8, 4) is 0 Å². The summed E-state index contributed by atoms with van der Waals surface area (Å²) in [6.45, 7) is 4.15. The van der Waals surface area contributed by atoms with Crippen LogP contribution in [0.2, 0.25) is 0 Å². The van der Waals surface area contributed by atoms with Crippen molar-refractivity contribution in [2.24, 2.45) is 5.73 Å². The molecule has 0 aliphatic rings. The van der Waals surface area contributed by atoms with Crippen molar-refractivity contribution in [3.05, 3.63) is 17.5 Å². The summed E-state index contributed by atoms with van der Waals surface area (Å²) in [5, 5.41) is 3.74. The predicted octanol–water partition coefficient (Wildman–Crippen LogP) is 1.86. The summed E-state index contributed by atoms with van der Waals surface area (Å²) >= 11 is 0. The highest BCUT2D eigenvalue weighted by atomic mass is 19.3. The Hall–Kier alpha value is -0.970. The third kappa shape index (κ3) is 2.03. The van der Waals surface area contributed by atoms with Crippen molar-refractivity contribution in [1.82, 2.24) is 9.78 Å². The smallest absolute Gasteiger partial charge is 0.282 e. The number of nitrogens with zero attached hydrogens (tertiary/aromatic N) is 2. The van der Waals surface area contributed by atoms with Gasteiger partial charge in [-0.25, -0.2) is 8.78 Å². The van der Waals surface area contributed by atoms with Crippen LogP contribution in [0.15, 0.2) is 6.07 Å². The molecule has 3 nitrogen and oxygen atoms in total. The van der Waals surface area contributed by atoms with Crippen LogP contribution in [0.5, 0.6) is 0 Å². The minimum atomic E-state index is -2.52. The Balaban J connectivity index is 3.04. The zero-order chi connectivity index (χ0) is 10.0. The zero-order valence-electron chi connectivity index (χ0n) is 7.67. The van der Waals surface area contributed by atoms with Crippen LogP contribution in [-0.2, 0) is 6.54 Å². The number of aromatic nitrogens is 2. The Kier molecular flexibility index (Phi) is 2.98.